The smallest absolute Gasteiger partial charge is 0.441 e. The molecular weight excluding hydrogens is 307 g/mol. The van der Waals surface area contributed by atoms with Crippen LogP contribution in [0.3, 0.4) is 0 Å². The summed E-state index contributed by atoms with van der Waals surface area (Å²) in [5, 5.41) is 19.6. The largest absolute Gasteiger partial charge is 0.478 e. The molecule has 1 heterocycles. The lowest BCUT2D eigenvalue weighted by Gasteiger charge is -2.13. The summed E-state index contributed by atoms with van der Waals surface area (Å²) in [7, 11) is 0. The number of aromatic nitrogens is 2. The molecule has 0 atom stereocenters. The topological polar surface area (TPSA) is 75.1 Å². The fourth-order valence-electron chi connectivity index (χ4n) is 1.86. The van der Waals surface area contributed by atoms with Crippen LogP contribution >= 0.6 is 11.8 Å². The number of halogens is 3. The Morgan fingerprint density at radius 3 is 2.43 bits per heavy atom. The average Bonchev–Trinajstić information content (AvgIpc) is 2.41. The van der Waals surface area contributed by atoms with Crippen LogP contribution < -0.4 is 5.32 Å². The monoisotopic (exact) mass is 323 g/mol. The summed E-state index contributed by atoms with van der Waals surface area (Å²) in [6.07, 6.45) is 1.01. The van der Waals surface area contributed by atoms with Gasteiger partial charge >= 0.3 is 11.5 Å². The Hall–Kier alpha value is -1.51. The number of rotatable bonds is 7. The number of carbonyl (C=O) groups is 1. The molecule has 2 N–H and O–H groups in total. The second-order valence-electron chi connectivity index (χ2n) is 4.08. The van der Waals surface area contributed by atoms with Crippen molar-refractivity contribution in [3.8, 4) is 0 Å². The lowest BCUT2D eigenvalue weighted by Crippen LogP contribution is -2.17. The molecule has 0 aliphatic heterocycles. The second kappa shape index (κ2) is 7.48. The van der Waals surface area contributed by atoms with Gasteiger partial charge in [0.1, 0.15) is 5.56 Å². The van der Waals surface area contributed by atoms with E-state index in [2.05, 4.69) is 15.5 Å². The first kappa shape index (κ1) is 17.5. The van der Waals surface area contributed by atoms with Crippen molar-refractivity contribution in [2.45, 2.75) is 32.2 Å². The number of anilines is 1. The van der Waals surface area contributed by atoms with Crippen LogP contribution in [-0.4, -0.2) is 39.1 Å². The molecule has 0 saturated carbocycles. The summed E-state index contributed by atoms with van der Waals surface area (Å²) in [6.45, 7) is 3.58. The molecule has 118 valence electrons. The molecule has 5 nitrogen and oxygen atoms in total. The van der Waals surface area contributed by atoms with E-state index in [9.17, 15) is 23.1 Å². The lowest BCUT2D eigenvalue weighted by atomic mass is 10.0. The Kier molecular flexibility index (Phi) is 6.25. The van der Waals surface area contributed by atoms with Crippen molar-refractivity contribution >= 4 is 23.5 Å². The minimum absolute atomic E-state index is 0.0126. The first-order valence-electron chi connectivity index (χ1n) is 6.36. The molecule has 0 fully saturated rings. The quantitative estimate of drug-likeness (QED) is 0.752. The highest BCUT2D eigenvalue weighted by molar-refractivity contribution is 8.00. The van der Waals surface area contributed by atoms with Crippen molar-refractivity contribution in [1.82, 2.24) is 10.2 Å². The molecular formula is C12H16F3N3O2S. The van der Waals surface area contributed by atoms with Crippen LogP contribution in [0.5, 0.6) is 0 Å². The number of hydrogen-bond donors (Lipinski definition) is 2. The van der Waals surface area contributed by atoms with Gasteiger partial charge in [0.05, 0.1) is 5.69 Å². The fraction of sp³-hybridized carbons (Fsp3) is 0.583. The SMILES string of the molecule is CCc1nnc(NCCSC(F)(F)F)c(C(=O)O)c1CC. The lowest BCUT2D eigenvalue weighted by molar-refractivity contribution is -0.0327. The molecule has 0 aliphatic rings. The Morgan fingerprint density at radius 1 is 1.29 bits per heavy atom. The predicted octanol–water partition coefficient (Wildman–Crippen LogP) is 2.96. The van der Waals surface area contributed by atoms with E-state index in [0.717, 1.165) is 0 Å². The molecule has 0 amide bonds. The molecule has 0 unspecified atom stereocenters. The highest BCUT2D eigenvalue weighted by atomic mass is 32.2. The van der Waals surface area contributed by atoms with Crippen LogP contribution in [0.1, 0.15) is 35.5 Å². The zero-order valence-corrected chi connectivity index (χ0v) is 12.4. The van der Waals surface area contributed by atoms with Crippen LogP contribution in [0.25, 0.3) is 0 Å². The number of aryl methyl sites for hydroxylation is 1. The van der Waals surface area contributed by atoms with Crippen LogP contribution in [0.4, 0.5) is 19.0 Å². The van der Waals surface area contributed by atoms with E-state index in [4.69, 9.17) is 0 Å². The van der Waals surface area contributed by atoms with Gasteiger partial charge in [-0.3, -0.25) is 0 Å². The second-order valence-corrected chi connectivity index (χ2v) is 5.24. The first-order chi connectivity index (χ1) is 9.80. The summed E-state index contributed by atoms with van der Waals surface area (Å²) in [5.74, 6) is -1.39. The van der Waals surface area contributed by atoms with Gasteiger partial charge < -0.3 is 10.4 Å². The van der Waals surface area contributed by atoms with E-state index in [-0.39, 0.29) is 35.4 Å². The number of hydrogen-bond acceptors (Lipinski definition) is 5. The van der Waals surface area contributed by atoms with Crippen LogP contribution in [-0.2, 0) is 12.8 Å². The fourth-order valence-corrected chi connectivity index (χ4v) is 2.30. The summed E-state index contributed by atoms with van der Waals surface area (Å²) in [5.41, 5.74) is -3.17. The number of carboxylic acids is 1. The van der Waals surface area contributed by atoms with Crippen LogP contribution in [0.2, 0.25) is 0 Å². The number of nitrogens with one attached hydrogen (secondary N) is 1. The Morgan fingerprint density at radius 2 is 1.95 bits per heavy atom. The van der Waals surface area contributed by atoms with E-state index in [1.165, 1.54) is 0 Å². The van der Waals surface area contributed by atoms with Crippen molar-refractivity contribution in [1.29, 1.82) is 0 Å². The standard InChI is InChI=1S/C12H16F3N3O2S/c1-3-7-8(4-2)17-18-10(9(7)11(19)20)16-5-6-21-12(13,14)15/h3-6H2,1-2H3,(H,16,18)(H,19,20). The predicted molar refractivity (Wildman–Crippen MR) is 74.8 cm³/mol. The highest BCUT2D eigenvalue weighted by Gasteiger charge is 2.27. The van der Waals surface area contributed by atoms with E-state index in [1.54, 1.807) is 6.92 Å². The minimum atomic E-state index is -4.30. The van der Waals surface area contributed by atoms with Crippen molar-refractivity contribution in [3.05, 3.63) is 16.8 Å². The van der Waals surface area contributed by atoms with Crippen molar-refractivity contribution in [2.75, 3.05) is 17.6 Å². The van der Waals surface area contributed by atoms with E-state index < -0.39 is 11.5 Å². The van der Waals surface area contributed by atoms with Crippen molar-refractivity contribution in [2.24, 2.45) is 0 Å². The highest BCUT2D eigenvalue weighted by Crippen LogP contribution is 2.29. The van der Waals surface area contributed by atoms with Crippen molar-refractivity contribution in [3.63, 3.8) is 0 Å². The molecule has 0 bridgehead atoms. The summed E-state index contributed by atoms with van der Waals surface area (Å²) in [6, 6.07) is 0. The van der Waals surface area contributed by atoms with Gasteiger partial charge in [0.15, 0.2) is 5.82 Å². The Bertz CT molecular complexity index is 509. The zero-order valence-electron chi connectivity index (χ0n) is 11.6. The molecule has 21 heavy (non-hydrogen) atoms. The van der Waals surface area contributed by atoms with Gasteiger partial charge in [0.2, 0.25) is 0 Å². The third-order valence-electron chi connectivity index (χ3n) is 2.72. The Balaban J connectivity index is 2.89. The minimum Gasteiger partial charge on any atom is -0.478 e. The van der Waals surface area contributed by atoms with E-state index in [0.29, 0.717) is 24.1 Å². The molecule has 1 aromatic heterocycles. The number of alkyl halides is 3. The average molecular weight is 323 g/mol. The van der Waals surface area contributed by atoms with Gasteiger partial charge in [0, 0.05) is 12.3 Å². The number of nitrogens with zero attached hydrogens (tertiary/aromatic N) is 2. The normalized spacial score (nSPS) is 11.5. The molecule has 1 rings (SSSR count). The summed E-state index contributed by atoms with van der Waals surface area (Å²) < 4.78 is 36.1. The van der Waals surface area contributed by atoms with Gasteiger partial charge in [-0.15, -0.1) is 5.10 Å². The third kappa shape index (κ3) is 5.07. The van der Waals surface area contributed by atoms with Crippen molar-refractivity contribution < 1.29 is 23.1 Å². The molecule has 9 heteroatoms. The van der Waals surface area contributed by atoms with Gasteiger partial charge in [-0.2, -0.15) is 18.3 Å². The van der Waals surface area contributed by atoms with Gasteiger partial charge in [-0.25, -0.2) is 4.79 Å². The number of thioether (sulfide) groups is 1. The molecule has 1 aromatic rings. The van der Waals surface area contributed by atoms with Crippen LogP contribution in [0.15, 0.2) is 0 Å². The van der Waals surface area contributed by atoms with Gasteiger partial charge in [-0.05, 0) is 30.2 Å². The summed E-state index contributed by atoms with van der Waals surface area (Å²) in [4.78, 5) is 11.4. The number of aromatic carboxylic acids is 1. The van der Waals surface area contributed by atoms with E-state index >= 15 is 0 Å². The molecule has 0 aromatic carbocycles. The maximum absolute atomic E-state index is 12.0. The Labute approximate surface area is 124 Å². The molecule has 0 radical (unpaired) electrons. The molecule has 0 spiro atoms. The molecule has 0 saturated heterocycles. The third-order valence-corrected chi connectivity index (χ3v) is 3.46. The zero-order chi connectivity index (χ0) is 16.0. The first-order valence-corrected chi connectivity index (χ1v) is 7.35. The number of carboxylic acid groups (broad SMARTS) is 1. The maximum Gasteiger partial charge on any atom is 0.441 e. The van der Waals surface area contributed by atoms with Crippen LogP contribution in [0, 0.1) is 0 Å². The van der Waals surface area contributed by atoms with Gasteiger partial charge in [-0.1, -0.05) is 13.8 Å². The van der Waals surface area contributed by atoms with E-state index in [1.807, 2.05) is 6.92 Å². The van der Waals surface area contributed by atoms with Gasteiger partial charge in [0.25, 0.3) is 0 Å². The molecule has 0 aliphatic carbocycles. The maximum atomic E-state index is 12.0. The summed E-state index contributed by atoms with van der Waals surface area (Å²) >= 11 is -0.173.